The van der Waals surface area contributed by atoms with Gasteiger partial charge in [0.25, 0.3) is 0 Å². The Balaban J connectivity index is 1.96. The highest BCUT2D eigenvalue weighted by Gasteiger charge is 2.33. The number of carbonyl (C=O) groups is 1. The number of ether oxygens (including phenoxy) is 1. The van der Waals surface area contributed by atoms with Gasteiger partial charge < -0.3 is 4.74 Å². The summed E-state index contributed by atoms with van der Waals surface area (Å²) in [5.74, 6) is 0.163. The number of fused-ring (bicyclic) bond motifs is 1. The molecule has 108 valence electrons. The highest BCUT2D eigenvalue weighted by molar-refractivity contribution is 8.00. The molecule has 1 aliphatic heterocycles. The number of carbonyl (C=O) groups excluding carboxylic acids is 1. The van der Waals surface area contributed by atoms with Crippen LogP contribution < -0.4 is 0 Å². The fraction of sp³-hybridized carbons (Fsp3) is 0.278. The first-order valence-electron chi connectivity index (χ1n) is 7.26. The van der Waals surface area contributed by atoms with Crippen molar-refractivity contribution in [2.45, 2.75) is 29.4 Å². The largest absolute Gasteiger partial charge is 0.465 e. The van der Waals surface area contributed by atoms with E-state index >= 15 is 0 Å². The molecule has 0 bridgehead atoms. The Morgan fingerprint density at radius 3 is 2.62 bits per heavy atom. The molecule has 0 N–H and O–H groups in total. The normalized spacial score (nSPS) is 20.6. The molecule has 2 aromatic rings. The van der Waals surface area contributed by atoms with Crippen molar-refractivity contribution in [2.75, 3.05) is 6.61 Å². The maximum atomic E-state index is 12.1. The fourth-order valence-electron chi connectivity index (χ4n) is 2.80. The quantitative estimate of drug-likeness (QED) is 0.793. The molecule has 0 saturated carbocycles. The molecule has 0 spiro atoms. The van der Waals surface area contributed by atoms with Crippen LogP contribution in [0.1, 0.15) is 30.4 Å². The minimum Gasteiger partial charge on any atom is -0.465 e. The van der Waals surface area contributed by atoms with Gasteiger partial charge in [0.2, 0.25) is 0 Å². The third-order valence-corrected chi connectivity index (χ3v) is 5.06. The van der Waals surface area contributed by atoms with Crippen molar-refractivity contribution in [3.63, 3.8) is 0 Å². The average molecular weight is 298 g/mol. The first-order valence-corrected chi connectivity index (χ1v) is 8.14. The Morgan fingerprint density at radius 1 is 1.14 bits per heavy atom. The van der Waals surface area contributed by atoms with Crippen LogP contribution in [0.15, 0.2) is 59.5 Å². The van der Waals surface area contributed by atoms with Crippen molar-refractivity contribution in [1.82, 2.24) is 0 Å². The van der Waals surface area contributed by atoms with Gasteiger partial charge in [-0.05, 0) is 30.5 Å². The van der Waals surface area contributed by atoms with E-state index in [1.807, 2.05) is 19.1 Å². The molecule has 0 saturated heterocycles. The minimum atomic E-state index is -0.120. The molecule has 0 fully saturated rings. The molecule has 3 rings (SSSR count). The van der Waals surface area contributed by atoms with Crippen LogP contribution in [0, 0.1) is 0 Å². The summed E-state index contributed by atoms with van der Waals surface area (Å²) in [4.78, 5) is 13.3. The van der Waals surface area contributed by atoms with Crippen LogP contribution in [0.2, 0.25) is 0 Å². The van der Waals surface area contributed by atoms with E-state index in [0.29, 0.717) is 6.61 Å². The number of benzene rings is 2. The summed E-state index contributed by atoms with van der Waals surface area (Å²) in [6.07, 6.45) is 0.796. The number of rotatable bonds is 3. The van der Waals surface area contributed by atoms with Crippen molar-refractivity contribution in [1.29, 1.82) is 0 Å². The second-order valence-electron chi connectivity index (χ2n) is 5.10. The molecule has 1 heterocycles. The van der Waals surface area contributed by atoms with E-state index < -0.39 is 0 Å². The lowest BCUT2D eigenvalue weighted by atomic mass is 9.87. The summed E-state index contributed by atoms with van der Waals surface area (Å²) in [6, 6.07) is 18.8. The van der Waals surface area contributed by atoms with Crippen LogP contribution in [-0.4, -0.2) is 17.8 Å². The molecular formula is C18H18O2S. The van der Waals surface area contributed by atoms with Gasteiger partial charge >= 0.3 is 5.97 Å². The highest BCUT2D eigenvalue weighted by atomic mass is 32.2. The Labute approximate surface area is 129 Å². The smallest absolute Gasteiger partial charge is 0.319 e. The number of esters is 1. The first-order chi connectivity index (χ1) is 10.3. The zero-order chi connectivity index (χ0) is 14.7. The van der Waals surface area contributed by atoms with E-state index in [-0.39, 0.29) is 17.1 Å². The van der Waals surface area contributed by atoms with Crippen LogP contribution in [0.25, 0.3) is 0 Å². The van der Waals surface area contributed by atoms with Gasteiger partial charge in [0.05, 0.1) is 6.61 Å². The van der Waals surface area contributed by atoms with Crippen molar-refractivity contribution >= 4 is 17.7 Å². The van der Waals surface area contributed by atoms with Gasteiger partial charge in [-0.1, -0.05) is 48.5 Å². The van der Waals surface area contributed by atoms with Gasteiger partial charge in [0.15, 0.2) is 0 Å². The van der Waals surface area contributed by atoms with Gasteiger partial charge in [-0.15, -0.1) is 11.8 Å². The maximum Gasteiger partial charge on any atom is 0.319 e. The highest BCUT2D eigenvalue weighted by Crippen LogP contribution is 2.45. The van der Waals surface area contributed by atoms with E-state index in [0.717, 1.165) is 6.42 Å². The van der Waals surface area contributed by atoms with E-state index in [1.54, 1.807) is 11.8 Å². The molecule has 1 aliphatic rings. The number of hydrogen-bond acceptors (Lipinski definition) is 3. The Morgan fingerprint density at radius 2 is 1.86 bits per heavy atom. The number of thioether (sulfide) groups is 1. The molecule has 2 aromatic carbocycles. The molecular weight excluding hydrogens is 280 g/mol. The van der Waals surface area contributed by atoms with Crippen LogP contribution >= 0.6 is 11.8 Å². The molecule has 0 radical (unpaired) electrons. The molecule has 0 aromatic heterocycles. The predicted molar refractivity (Wildman–Crippen MR) is 85.6 cm³/mol. The zero-order valence-corrected chi connectivity index (χ0v) is 12.8. The van der Waals surface area contributed by atoms with E-state index in [1.165, 1.54) is 16.0 Å². The fourth-order valence-corrected chi connectivity index (χ4v) is 4.06. The summed E-state index contributed by atoms with van der Waals surface area (Å²) in [6.45, 7) is 2.29. The zero-order valence-electron chi connectivity index (χ0n) is 12.0. The molecule has 2 atom stereocenters. The standard InChI is InChI=1S/C18H18O2S/c1-2-20-18(19)17-12-15(13-8-4-3-5-9-13)14-10-6-7-11-16(14)21-17/h3-11,15,17H,2,12H2,1H3/t15-,17+/m1/s1. The van der Waals surface area contributed by atoms with Crippen LogP contribution in [-0.2, 0) is 9.53 Å². The summed E-state index contributed by atoms with van der Waals surface area (Å²) in [7, 11) is 0. The molecule has 21 heavy (non-hydrogen) atoms. The monoisotopic (exact) mass is 298 g/mol. The van der Waals surface area contributed by atoms with Crippen LogP contribution in [0.4, 0.5) is 0 Å². The maximum absolute atomic E-state index is 12.1. The van der Waals surface area contributed by atoms with Gasteiger partial charge in [0, 0.05) is 10.8 Å². The SMILES string of the molecule is CCOC(=O)[C@@H]1C[C@H](c2ccccc2)c2ccccc2S1. The summed E-state index contributed by atoms with van der Waals surface area (Å²) >= 11 is 1.63. The van der Waals surface area contributed by atoms with E-state index in [9.17, 15) is 4.79 Å². The van der Waals surface area contributed by atoms with E-state index in [4.69, 9.17) is 4.74 Å². The molecule has 0 unspecified atom stereocenters. The van der Waals surface area contributed by atoms with Gasteiger partial charge in [0.1, 0.15) is 5.25 Å². The molecule has 3 heteroatoms. The Hall–Kier alpha value is -1.74. The second-order valence-corrected chi connectivity index (χ2v) is 6.34. The summed E-state index contributed by atoms with van der Waals surface area (Å²) in [5.41, 5.74) is 2.58. The van der Waals surface area contributed by atoms with Crippen LogP contribution in [0.3, 0.4) is 0 Å². The predicted octanol–water partition coefficient (Wildman–Crippen LogP) is 4.25. The minimum absolute atomic E-state index is 0.0991. The van der Waals surface area contributed by atoms with Gasteiger partial charge in [-0.3, -0.25) is 4.79 Å². The third-order valence-electron chi connectivity index (χ3n) is 3.76. The van der Waals surface area contributed by atoms with E-state index in [2.05, 4.69) is 42.5 Å². The van der Waals surface area contributed by atoms with Crippen molar-refractivity contribution in [3.8, 4) is 0 Å². The molecule has 2 nitrogen and oxygen atoms in total. The lowest BCUT2D eigenvalue weighted by Gasteiger charge is -2.30. The second kappa shape index (κ2) is 6.35. The Bertz CT molecular complexity index is 624. The van der Waals surface area contributed by atoms with Crippen LogP contribution in [0.5, 0.6) is 0 Å². The summed E-state index contributed by atoms with van der Waals surface area (Å²) < 4.78 is 5.22. The third kappa shape index (κ3) is 2.98. The van der Waals surface area contributed by atoms with Crippen molar-refractivity contribution in [2.24, 2.45) is 0 Å². The van der Waals surface area contributed by atoms with Gasteiger partial charge in [-0.25, -0.2) is 0 Å². The lowest BCUT2D eigenvalue weighted by molar-refractivity contribution is -0.142. The molecule has 0 amide bonds. The summed E-state index contributed by atoms with van der Waals surface area (Å²) in [5, 5.41) is -0.120. The average Bonchev–Trinajstić information content (AvgIpc) is 2.55. The first kappa shape index (κ1) is 14.2. The van der Waals surface area contributed by atoms with Crippen molar-refractivity contribution in [3.05, 3.63) is 65.7 Å². The lowest BCUT2D eigenvalue weighted by Crippen LogP contribution is -2.26. The topological polar surface area (TPSA) is 26.3 Å². The number of hydrogen-bond donors (Lipinski definition) is 0. The van der Waals surface area contributed by atoms with Crippen molar-refractivity contribution < 1.29 is 9.53 Å². The Kier molecular flexibility index (Phi) is 4.30. The molecule has 0 aliphatic carbocycles. The van der Waals surface area contributed by atoms with Gasteiger partial charge in [-0.2, -0.15) is 0 Å².